The fraction of sp³-hybridized carbons (Fsp3) is 0.105. The number of anilines is 2. The Kier molecular flexibility index (Phi) is 3.57. The normalized spacial score (nSPS) is 11.0. The Labute approximate surface area is 143 Å². The van der Waals surface area contributed by atoms with Crippen LogP contribution in [0.4, 0.5) is 11.5 Å². The van der Waals surface area contributed by atoms with Gasteiger partial charge < -0.3 is 10.1 Å². The molecule has 0 atom stereocenters. The molecule has 6 heteroatoms. The molecule has 124 valence electrons. The molecule has 0 aliphatic carbocycles. The molecule has 0 spiro atoms. The van der Waals surface area contributed by atoms with Crippen molar-refractivity contribution in [3.8, 4) is 5.75 Å². The standard InChI is InChI=1S/C19H16N4O2/c1-11(24)12-3-5-13(6-4-12)21-19-18-16(10-20-23-18)15-9-14(25-2)7-8-17(15)22-19/h3-10H,1-2H3,(H,20,23)(H,21,22). The molecule has 2 aromatic carbocycles. The molecule has 0 saturated heterocycles. The zero-order chi connectivity index (χ0) is 17.4. The number of Topliss-reactive ketones (excluding diaryl/α,β-unsaturated/α-hetero) is 1. The van der Waals surface area contributed by atoms with Gasteiger partial charge in [0.15, 0.2) is 11.6 Å². The molecule has 0 saturated carbocycles. The molecule has 2 N–H and O–H groups in total. The van der Waals surface area contributed by atoms with Crippen LogP contribution in [0.3, 0.4) is 0 Å². The molecule has 25 heavy (non-hydrogen) atoms. The summed E-state index contributed by atoms with van der Waals surface area (Å²) in [4.78, 5) is 16.1. The molecule has 2 heterocycles. The van der Waals surface area contributed by atoms with E-state index in [9.17, 15) is 4.79 Å². The van der Waals surface area contributed by atoms with E-state index in [0.717, 1.165) is 33.2 Å². The van der Waals surface area contributed by atoms with Crippen LogP contribution in [0.2, 0.25) is 0 Å². The van der Waals surface area contributed by atoms with Gasteiger partial charge in [0.1, 0.15) is 11.3 Å². The predicted molar refractivity (Wildman–Crippen MR) is 97.7 cm³/mol. The summed E-state index contributed by atoms with van der Waals surface area (Å²) in [7, 11) is 1.64. The van der Waals surface area contributed by atoms with Crippen molar-refractivity contribution in [3.63, 3.8) is 0 Å². The van der Waals surface area contributed by atoms with E-state index >= 15 is 0 Å². The van der Waals surface area contributed by atoms with Crippen molar-refractivity contribution in [2.45, 2.75) is 6.92 Å². The summed E-state index contributed by atoms with van der Waals surface area (Å²) in [6.45, 7) is 1.55. The number of methoxy groups -OCH3 is 1. The summed E-state index contributed by atoms with van der Waals surface area (Å²) in [5.41, 5.74) is 3.11. The molecule has 0 radical (unpaired) electrons. The minimum atomic E-state index is 0.0408. The second kappa shape index (κ2) is 5.90. The number of nitrogens with one attached hydrogen (secondary N) is 2. The van der Waals surface area contributed by atoms with Crippen LogP contribution in [0, 0.1) is 0 Å². The van der Waals surface area contributed by atoms with Gasteiger partial charge in [-0.2, -0.15) is 5.10 Å². The first kappa shape index (κ1) is 15.1. The van der Waals surface area contributed by atoms with E-state index in [2.05, 4.69) is 20.5 Å². The summed E-state index contributed by atoms with van der Waals surface area (Å²) in [5.74, 6) is 1.47. The number of pyridine rings is 1. The van der Waals surface area contributed by atoms with Gasteiger partial charge in [0, 0.05) is 28.2 Å². The van der Waals surface area contributed by atoms with Crippen molar-refractivity contribution in [3.05, 3.63) is 54.2 Å². The molecule has 4 rings (SSSR count). The number of ketones is 1. The molecule has 6 nitrogen and oxygen atoms in total. The van der Waals surface area contributed by atoms with Gasteiger partial charge in [-0.3, -0.25) is 9.89 Å². The first-order valence-corrected chi connectivity index (χ1v) is 7.85. The van der Waals surface area contributed by atoms with Gasteiger partial charge in [-0.15, -0.1) is 0 Å². The Balaban J connectivity index is 1.80. The number of ether oxygens (including phenoxy) is 1. The molecule has 0 aliphatic heterocycles. The first-order valence-electron chi connectivity index (χ1n) is 7.85. The number of carbonyl (C=O) groups excluding carboxylic acids is 1. The molecule has 2 aromatic heterocycles. The third kappa shape index (κ3) is 2.67. The van der Waals surface area contributed by atoms with Crippen LogP contribution in [0.15, 0.2) is 48.7 Å². The third-order valence-electron chi connectivity index (χ3n) is 4.14. The van der Waals surface area contributed by atoms with E-state index in [0.29, 0.717) is 11.4 Å². The molecule has 0 aliphatic rings. The average Bonchev–Trinajstić information content (AvgIpc) is 3.12. The summed E-state index contributed by atoms with van der Waals surface area (Å²) in [6, 6.07) is 13.0. The van der Waals surface area contributed by atoms with E-state index < -0.39 is 0 Å². The monoisotopic (exact) mass is 332 g/mol. The van der Waals surface area contributed by atoms with Crippen molar-refractivity contribution >= 4 is 39.1 Å². The van der Waals surface area contributed by atoms with E-state index in [-0.39, 0.29) is 5.78 Å². The second-order valence-electron chi connectivity index (χ2n) is 5.75. The lowest BCUT2D eigenvalue weighted by molar-refractivity contribution is 0.101. The second-order valence-corrected chi connectivity index (χ2v) is 5.75. The van der Waals surface area contributed by atoms with Gasteiger partial charge in [0.2, 0.25) is 0 Å². The minimum absolute atomic E-state index is 0.0408. The molecule has 0 unspecified atom stereocenters. The van der Waals surface area contributed by atoms with Crippen LogP contribution in [-0.4, -0.2) is 28.1 Å². The van der Waals surface area contributed by atoms with Gasteiger partial charge in [-0.1, -0.05) is 0 Å². The van der Waals surface area contributed by atoms with Gasteiger partial charge in [-0.05, 0) is 49.4 Å². The molecule has 0 fully saturated rings. The zero-order valence-electron chi connectivity index (χ0n) is 13.8. The highest BCUT2D eigenvalue weighted by Crippen LogP contribution is 2.31. The highest BCUT2D eigenvalue weighted by molar-refractivity contribution is 6.09. The zero-order valence-corrected chi connectivity index (χ0v) is 13.8. The fourth-order valence-electron chi connectivity index (χ4n) is 2.82. The predicted octanol–water partition coefficient (Wildman–Crippen LogP) is 4.07. The van der Waals surface area contributed by atoms with E-state index in [1.54, 1.807) is 26.2 Å². The van der Waals surface area contributed by atoms with E-state index in [1.807, 2.05) is 36.5 Å². The van der Waals surface area contributed by atoms with Crippen LogP contribution >= 0.6 is 0 Å². The third-order valence-corrected chi connectivity index (χ3v) is 4.14. The topological polar surface area (TPSA) is 79.9 Å². The Morgan fingerprint density at radius 1 is 1.12 bits per heavy atom. The van der Waals surface area contributed by atoms with Gasteiger partial charge in [0.25, 0.3) is 0 Å². The van der Waals surface area contributed by atoms with Crippen LogP contribution < -0.4 is 10.1 Å². The van der Waals surface area contributed by atoms with E-state index in [4.69, 9.17) is 4.74 Å². The average molecular weight is 332 g/mol. The van der Waals surface area contributed by atoms with Crippen LogP contribution in [0.25, 0.3) is 21.8 Å². The van der Waals surface area contributed by atoms with Gasteiger partial charge in [-0.25, -0.2) is 4.98 Å². The van der Waals surface area contributed by atoms with Crippen molar-refractivity contribution in [1.82, 2.24) is 15.2 Å². The van der Waals surface area contributed by atoms with Crippen molar-refractivity contribution in [1.29, 1.82) is 0 Å². The maximum absolute atomic E-state index is 11.4. The summed E-state index contributed by atoms with van der Waals surface area (Å²) < 4.78 is 5.30. The van der Waals surface area contributed by atoms with E-state index in [1.165, 1.54) is 0 Å². The summed E-state index contributed by atoms with van der Waals surface area (Å²) >= 11 is 0. The highest BCUT2D eigenvalue weighted by Gasteiger charge is 2.12. The number of benzene rings is 2. The van der Waals surface area contributed by atoms with Crippen LogP contribution in [-0.2, 0) is 0 Å². The number of fused-ring (bicyclic) bond motifs is 3. The number of nitrogens with zero attached hydrogens (tertiary/aromatic N) is 2. The number of aromatic amines is 1. The number of carbonyl (C=O) groups is 1. The smallest absolute Gasteiger partial charge is 0.159 e. The maximum Gasteiger partial charge on any atom is 0.159 e. The van der Waals surface area contributed by atoms with Crippen molar-refractivity contribution in [2.24, 2.45) is 0 Å². The Morgan fingerprint density at radius 2 is 1.92 bits per heavy atom. The quantitative estimate of drug-likeness (QED) is 0.551. The lowest BCUT2D eigenvalue weighted by Crippen LogP contribution is -1.97. The Hall–Kier alpha value is -3.41. The minimum Gasteiger partial charge on any atom is -0.497 e. The molecule has 0 bridgehead atoms. The SMILES string of the molecule is COc1ccc2nc(Nc3ccc(C(C)=O)cc3)c3n[nH]cc3c2c1. The van der Waals surface area contributed by atoms with Crippen LogP contribution in [0.5, 0.6) is 5.75 Å². The molecular weight excluding hydrogens is 316 g/mol. The van der Waals surface area contributed by atoms with Crippen LogP contribution in [0.1, 0.15) is 17.3 Å². The highest BCUT2D eigenvalue weighted by atomic mass is 16.5. The lowest BCUT2D eigenvalue weighted by Gasteiger charge is -2.09. The number of rotatable bonds is 4. The molecule has 0 amide bonds. The Morgan fingerprint density at radius 3 is 2.64 bits per heavy atom. The first-order chi connectivity index (χ1) is 12.2. The van der Waals surface area contributed by atoms with Crippen molar-refractivity contribution in [2.75, 3.05) is 12.4 Å². The Bertz CT molecular complexity index is 1080. The summed E-state index contributed by atoms with van der Waals surface area (Å²) in [6.07, 6.45) is 1.85. The van der Waals surface area contributed by atoms with Gasteiger partial charge in [0.05, 0.1) is 12.6 Å². The lowest BCUT2D eigenvalue weighted by atomic mass is 10.1. The number of hydrogen-bond acceptors (Lipinski definition) is 5. The number of hydrogen-bond donors (Lipinski definition) is 2. The van der Waals surface area contributed by atoms with Crippen molar-refractivity contribution < 1.29 is 9.53 Å². The molecular formula is C19H16N4O2. The number of H-pyrrole nitrogens is 1. The fourth-order valence-corrected chi connectivity index (χ4v) is 2.82. The largest absolute Gasteiger partial charge is 0.497 e. The molecule has 4 aromatic rings. The maximum atomic E-state index is 11.4. The summed E-state index contributed by atoms with van der Waals surface area (Å²) in [5, 5.41) is 12.4. The van der Waals surface area contributed by atoms with Gasteiger partial charge >= 0.3 is 0 Å². The number of aromatic nitrogens is 3.